The standard InChI is InChI=1S/C15H22N2O2S/c1-3-16(4-2)7-8-17-13-9-12(10-18)5-6-14(13)20-11-15(17)19/h5-6,9,18H,3-4,7-8,10-11H2,1-2H3. The molecular weight excluding hydrogens is 272 g/mol. The fourth-order valence-electron chi connectivity index (χ4n) is 2.37. The summed E-state index contributed by atoms with van der Waals surface area (Å²) in [5.41, 5.74) is 1.80. The van der Waals surface area contributed by atoms with Crippen LogP contribution in [0.3, 0.4) is 0 Å². The first-order valence-electron chi connectivity index (χ1n) is 7.08. The van der Waals surface area contributed by atoms with Crippen LogP contribution < -0.4 is 4.90 Å². The van der Waals surface area contributed by atoms with Crippen molar-refractivity contribution in [2.24, 2.45) is 0 Å². The van der Waals surface area contributed by atoms with Crippen LogP contribution in [-0.2, 0) is 11.4 Å². The smallest absolute Gasteiger partial charge is 0.237 e. The molecule has 0 radical (unpaired) electrons. The molecule has 20 heavy (non-hydrogen) atoms. The lowest BCUT2D eigenvalue weighted by Crippen LogP contribution is -2.41. The number of hydrogen-bond acceptors (Lipinski definition) is 4. The maximum atomic E-state index is 12.2. The molecule has 1 amide bonds. The highest BCUT2D eigenvalue weighted by Gasteiger charge is 2.24. The molecule has 1 heterocycles. The first-order chi connectivity index (χ1) is 9.69. The van der Waals surface area contributed by atoms with Crippen molar-refractivity contribution >= 4 is 23.4 Å². The maximum Gasteiger partial charge on any atom is 0.237 e. The molecule has 110 valence electrons. The number of likely N-dealkylation sites (N-methyl/N-ethyl adjacent to an activating group) is 1. The Hall–Kier alpha value is -1.04. The fraction of sp³-hybridized carbons (Fsp3) is 0.533. The van der Waals surface area contributed by atoms with Crippen LogP contribution in [0.1, 0.15) is 19.4 Å². The Morgan fingerprint density at radius 2 is 2.10 bits per heavy atom. The van der Waals surface area contributed by atoms with Gasteiger partial charge in [-0.3, -0.25) is 4.79 Å². The SMILES string of the molecule is CCN(CC)CCN1C(=O)CSc2ccc(CO)cc21. The van der Waals surface area contributed by atoms with E-state index >= 15 is 0 Å². The van der Waals surface area contributed by atoms with E-state index in [0.717, 1.165) is 35.8 Å². The average Bonchev–Trinajstić information content (AvgIpc) is 2.49. The van der Waals surface area contributed by atoms with Gasteiger partial charge >= 0.3 is 0 Å². The number of carbonyl (C=O) groups is 1. The van der Waals surface area contributed by atoms with Gasteiger partial charge in [0.2, 0.25) is 5.91 Å². The molecule has 0 aliphatic carbocycles. The number of rotatable bonds is 6. The summed E-state index contributed by atoms with van der Waals surface area (Å²) in [5.74, 6) is 0.661. The Balaban J connectivity index is 2.18. The zero-order valence-electron chi connectivity index (χ0n) is 12.1. The molecule has 0 saturated heterocycles. The molecule has 0 atom stereocenters. The molecule has 5 heteroatoms. The normalized spacial score (nSPS) is 14.8. The lowest BCUT2D eigenvalue weighted by molar-refractivity contribution is -0.116. The molecule has 0 bridgehead atoms. The van der Waals surface area contributed by atoms with Crippen molar-refractivity contribution in [2.75, 3.05) is 36.8 Å². The van der Waals surface area contributed by atoms with Crippen molar-refractivity contribution in [2.45, 2.75) is 25.3 Å². The van der Waals surface area contributed by atoms with Crippen molar-refractivity contribution in [1.29, 1.82) is 0 Å². The van der Waals surface area contributed by atoms with E-state index in [1.54, 1.807) is 11.8 Å². The summed E-state index contributed by atoms with van der Waals surface area (Å²) in [6.45, 7) is 7.86. The third-order valence-electron chi connectivity index (χ3n) is 3.68. The third kappa shape index (κ3) is 3.34. The van der Waals surface area contributed by atoms with Gasteiger partial charge in [0, 0.05) is 18.0 Å². The second-order valence-corrected chi connectivity index (χ2v) is 5.84. The molecule has 0 saturated carbocycles. The second kappa shape index (κ2) is 7.11. The van der Waals surface area contributed by atoms with Gasteiger partial charge in [-0.15, -0.1) is 11.8 Å². The summed E-state index contributed by atoms with van der Waals surface area (Å²) in [7, 11) is 0. The molecule has 2 rings (SSSR count). The molecule has 1 N–H and O–H groups in total. The van der Waals surface area contributed by atoms with Gasteiger partial charge in [0.1, 0.15) is 0 Å². The van der Waals surface area contributed by atoms with Gasteiger partial charge in [0.25, 0.3) is 0 Å². The molecule has 1 aliphatic rings. The lowest BCUT2D eigenvalue weighted by atomic mass is 10.2. The van der Waals surface area contributed by atoms with Crippen LogP contribution in [0.15, 0.2) is 23.1 Å². The summed E-state index contributed by atoms with van der Waals surface area (Å²) in [4.78, 5) is 17.5. The minimum atomic E-state index is 0.00994. The topological polar surface area (TPSA) is 43.8 Å². The summed E-state index contributed by atoms with van der Waals surface area (Å²) in [5, 5.41) is 9.27. The van der Waals surface area contributed by atoms with Gasteiger partial charge in [0.05, 0.1) is 18.0 Å². The molecular formula is C15H22N2O2S. The zero-order valence-corrected chi connectivity index (χ0v) is 12.9. The minimum Gasteiger partial charge on any atom is -0.392 e. The Morgan fingerprint density at radius 3 is 2.75 bits per heavy atom. The minimum absolute atomic E-state index is 0.00994. The zero-order chi connectivity index (χ0) is 14.5. The van der Waals surface area contributed by atoms with Crippen molar-refractivity contribution < 1.29 is 9.90 Å². The van der Waals surface area contributed by atoms with Gasteiger partial charge in [0.15, 0.2) is 0 Å². The number of benzene rings is 1. The molecule has 0 unspecified atom stereocenters. The first kappa shape index (κ1) is 15.4. The van der Waals surface area contributed by atoms with Crippen LogP contribution in [0.4, 0.5) is 5.69 Å². The highest BCUT2D eigenvalue weighted by Crippen LogP contribution is 2.35. The number of aliphatic hydroxyl groups is 1. The molecule has 4 nitrogen and oxygen atoms in total. The van der Waals surface area contributed by atoms with Crippen LogP contribution >= 0.6 is 11.8 Å². The largest absolute Gasteiger partial charge is 0.392 e. The fourth-order valence-corrected chi connectivity index (χ4v) is 3.29. The van der Waals surface area contributed by atoms with E-state index in [-0.39, 0.29) is 12.5 Å². The van der Waals surface area contributed by atoms with Crippen LogP contribution in [0, 0.1) is 0 Å². The number of nitrogens with zero attached hydrogens (tertiary/aromatic N) is 2. The van der Waals surface area contributed by atoms with Crippen molar-refractivity contribution in [3.63, 3.8) is 0 Å². The molecule has 1 aliphatic heterocycles. The molecule has 0 aromatic heterocycles. The summed E-state index contributed by atoms with van der Waals surface area (Å²) >= 11 is 1.58. The number of fused-ring (bicyclic) bond motifs is 1. The van der Waals surface area contributed by atoms with Crippen molar-refractivity contribution in [1.82, 2.24) is 4.90 Å². The predicted octanol–water partition coefficient (Wildman–Crippen LogP) is 1.96. The molecule has 1 aromatic carbocycles. The van der Waals surface area contributed by atoms with Gasteiger partial charge in [-0.1, -0.05) is 19.9 Å². The molecule has 1 aromatic rings. The van der Waals surface area contributed by atoms with E-state index in [9.17, 15) is 9.90 Å². The summed E-state index contributed by atoms with van der Waals surface area (Å²) < 4.78 is 0. The number of thioether (sulfide) groups is 1. The molecule has 0 fully saturated rings. The van der Waals surface area contributed by atoms with Crippen molar-refractivity contribution in [3.05, 3.63) is 23.8 Å². The average molecular weight is 294 g/mol. The Labute approximate surface area is 124 Å². The van der Waals surface area contributed by atoms with Gasteiger partial charge in [-0.05, 0) is 30.8 Å². The van der Waals surface area contributed by atoms with E-state index in [1.165, 1.54) is 0 Å². The summed E-state index contributed by atoms with van der Waals surface area (Å²) in [6.07, 6.45) is 0. The Bertz CT molecular complexity index is 475. The van der Waals surface area contributed by atoms with Crippen LogP contribution in [-0.4, -0.2) is 47.8 Å². The quantitative estimate of drug-likeness (QED) is 0.871. The number of anilines is 1. The van der Waals surface area contributed by atoms with Gasteiger partial charge in [-0.25, -0.2) is 0 Å². The van der Waals surface area contributed by atoms with Crippen LogP contribution in [0.25, 0.3) is 0 Å². The monoisotopic (exact) mass is 294 g/mol. The number of hydrogen-bond donors (Lipinski definition) is 1. The maximum absolute atomic E-state index is 12.2. The van der Waals surface area contributed by atoms with E-state index in [1.807, 2.05) is 23.1 Å². The van der Waals surface area contributed by atoms with E-state index < -0.39 is 0 Å². The van der Waals surface area contributed by atoms with Gasteiger partial charge in [-0.2, -0.15) is 0 Å². The lowest BCUT2D eigenvalue weighted by Gasteiger charge is -2.31. The van der Waals surface area contributed by atoms with E-state index in [2.05, 4.69) is 18.7 Å². The highest BCUT2D eigenvalue weighted by molar-refractivity contribution is 8.00. The Morgan fingerprint density at radius 1 is 1.35 bits per heavy atom. The van der Waals surface area contributed by atoms with Crippen LogP contribution in [0.2, 0.25) is 0 Å². The number of amides is 1. The van der Waals surface area contributed by atoms with Crippen LogP contribution in [0.5, 0.6) is 0 Å². The number of aliphatic hydroxyl groups excluding tert-OH is 1. The molecule has 0 spiro atoms. The summed E-state index contributed by atoms with van der Waals surface area (Å²) in [6, 6.07) is 5.86. The third-order valence-corrected chi connectivity index (χ3v) is 4.73. The van der Waals surface area contributed by atoms with Crippen molar-refractivity contribution in [3.8, 4) is 0 Å². The number of carbonyl (C=O) groups excluding carboxylic acids is 1. The van der Waals surface area contributed by atoms with Gasteiger partial charge < -0.3 is 14.9 Å². The second-order valence-electron chi connectivity index (χ2n) is 4.82. The predicted molar refractivity (Wildman–Crippen MR) is 83.2 cm³/mol. The van der Waals surface area contributed by atoms with E-state index in [0.29, 0.717) is 12.3 Å². The van der Waals surface area contributed by atoms with E-state index in [4.69, 9.17) is 0 Å². The first-order valence-corrected chi connectivity index (χ1v) is 8.07. The Kier molecular flexibility index (Phi) is 5.46. The highest BCUT2D eigenvalue weighted by atomic mass is 32.2.